The third-order valence-electron chi connectivity index (χ3n) is 1.50. The van der Waals surface area contributed by atoms with E-state index in [1.54, 1.807) is 0 Å². The molecule has 0 unspecified atom stereocenters. The van der Waals surface area contributed by atoms with Crippen LogP contribution in [0.15, 0.2) is 0 Å². The zero-order valence-electron chi connectivity index (χ0n) is 5.75. The van der Waals surface area contributed by atoms with Gasteiger partial charge in [-0.3, -0.25) is 0 Å². The molecule has 1 fully saturated rings. The fourth-order valence-corrected chi connectivity index (χ4v) is 0.850. The van der Waals surface area contributed by atoms with Gasteiger partial charge in [0, 0.05) is 0 Å². The highest BCUT2D eigenvalue weighted by atomic mass is 16.7. The van der Waals surface area contributed by atoms with Gasteiger partial charge in [-0.25, -0.2) is 0 Å². The quantitative estimate of drug-likeness (QED) is 0.533. The van der Waals surface area contributed by atoms with Crippen molar-refractivity contribution in [3.05, 3.63) is 0 Å². The highest BCUT2D eigenvalue weighted by Gasteiger charge is 2.32. The summed E-state index contributed by atoms with van der Waals surface area (Å²) >= 11 is 0. The van der Waals surface area contributed by atoms with Crippen LogP contribution in [0.1, 0.15) is 6.42 Å². The van der Waals surface area contributed by atoms with Crippen molar-refractivity contribution in [2.45, 2.75) is 12.2 Å². The van der Waals surface area contributed by atoms with Crippen LogP contribution in [0.2, 0.25) is 0 Å². The number of hydrogen-bond donors (Lipinski definition) is 2. The first-order valence-electron chi connectivity index (χ1n) is 3.33. The molecule has 0 atom stereocenters. The fraction of sp³-hybridized carbons (Fsp3) is 1.00. The van der Waals surface area contributed by atoms with Crippen molar-refractivity contribution in [3.8, 4) is 0 Å². The Bertz CT molecular complexity index is 91.9. The Balaban J connectivity index is 2.44. The molecule has 1 aliphatic rings. The van der Waals surface area contributed by atoms with E-state index in [2.05, 4.69) is 0 Å². The molecule has 1 rings (SSSR count). The maximum atomic E-state index is 8.73. The van der Waals surface area contributed by atoms with Gasteiger partial charge < -0.3 is 19.7 Å². The number of rotatable bonds is 2. The van der Waals surface area contributed by atoms with E-state index in [0.29, 0.717) is 13.2 Å². The molecule has 0 saturated carbocycles. The lowest BCUT2D eigenvalue weighted by atomic mass is 10.3. The van der Waals surface area contributed by atoms with Gasteiger partial charge in [0.15, 0.2) is 0 Å². The van der Waals surface area contributed by atoms with E-state index in [1.807, 2.05) is 0 Å². The van der Waals surface area contributed by atoms with Crippen molar-refractivity contribution in [2.75, 3.05) is 26.4 Å². The van der Waals surface area contributed by atoms with Crippen LogP contribution in [-0.2, 0) is 9.47 Å². The molecule has 1 saturated heterocycles. The lowest BCUT2D eigenvalue weighted by Crippen LogP contribution is -2.47. The smallest absolute Gasteiger partial charge is 0.215 e. The fourth-order valence-electron chi connectivity index (χ4n) is 0.850. The molecular weight excluding hydrogens is 136 g/mol. The molecule has 1 aliphatic heterocycles. The molecule has 4 nitrogen and oxygen atoms in total. The van der Waals surface area contributed by atoms with Crippen LogP contribution in [0, 0.1) is 0 Å². The molecule has 0 aromatic rings. The third kappa shape index (κ3) is 1.46. The average molecular weight is 148 g/mol. The van der Waals surface area contributed by atoms with Crippen molar-refractivity contribution < 1.29 is 19.7 Å². The van der Waals surface area contributed by atoms with E-state index in [4.69, 9.17) is 19.7 Å². The standard InChI is InChI=1S/C6H12O4/c7-4-6(5-8)9-2-1-3-10-6/h7-8H,1-5H2. The third-order valence-corrected chi connectivity index (χ3v) is 1.50. The zero-order valence-corrected chi connectivity index (χ0v) is 5.75. The Morgan fingerprint density at radius 2 is 1.60 bits per heavy atom. The van der Waals surface area contributed by atoms with Crippen LogP contribution in [0.4, 0.5) is 0 Å². The summed E-state index contributed by atoms with van der Waals surface area (Å²) in [5, 5.41) is 17.5. The van der Waals surface area contributed by atoms with Crippen molar-refractivity contribution in [1.82, 2.24) is 0 Å². The van der Waals surface area contributed by atoms with Crippen LogP contribution in [0.25, 0.3) is 0 Å². The van der Waals surface area contributed by atoms with Crippen LogP contribution in [-0.4, -0.2) is 42.4 Å². The van der Waals surface area contributed by atoms with Crippen molar-refractivity contribution >= 4 is 0 Å². The van der Waals surface area contributed by atoms with Gasteiger partial charge in [0.05, 0.1) is 26.4 Å². The maximum absolute atomic E-state index is 8.73. The van der Waals surface area contributed by atoms with Gasteiger partial charge in [-0.05, 0) is 6.42 Å². The molecule has 60 valence electrons. The average Bonchev–Trinajstić information content (AvgIpc) is 2.06. The molecule has 0 bridgehead atoms. The molecule has 0 amide bonds. The van der Waals surface area contributed by atoms with Gasteiger partial charge >= 0.3 is 0 Å². The lowest BCUT2D eigenvalue weighted by molar-refractivity contribution is -0.295. The second-order valence-electron chi connectivity index (χ2n) is 2.28. The van der Waals surface area contributed by atoms with Crippen molar-refractivity contribution in [1.29, 1.82) is 0 Å². The highest BCUT2D eigenvalue weighted by Crippen LogP contribution is 2.16. The topological polar surface area (TPSA) is 58.9 Å². The van der Waals surface area contributed by atoms with E-state index in [0.717, 1.165) is 6.42 Å². The minimum Gasteiger partial charge on any atom is -0.391 e. The first-order valence-corrected chi connectivity index (χ1v) is 3.33. The first-order chi connectivity index (χ1) is 4.83. The molecule has 0 aromatic heterocycles. The Morgan fingerprint density at radius 1 is 1.10 bits per heavy atom. The van der Waals surface area contributed by atoms with Gasteiger partial charge in [-0.2, -0.15) is 0 Å². The number of aliphatic hydroxyl groups excluding tert-OH is 2. The monoisotopic (exact) mass is 148 g/mol. The van der Waals surface area contributed by atoms with Gasteiger partial charge in [0.1, 0.15) is 0 Å². The summed E-state index contributed by atoms with van der Waals surface area (Å²) in [6, 6.07) is 0. The summed E-state index contributed by atoms with van der Waals surface area (Å²) in [6.07, 6.45) is 0.821. The highest BCUT2D eigenvalue weighted by molar-refractivity contribution is 4.69. The van der Waals surface area contributed by atoms with Crippen LogP contribution in [0.5, 0.6) is 0 Å². The molecule has 0 spiro atoms. The van der Waals surface area contributed by atoms with Crippen LogP contribution >= 0.6 is 0 Å². The predicted octanol–water partition coefficient (Wildman–Crippen LogP) is -0.896. The maximum Gasteiger partial charge on any atom is 0.215 e. The number of aliphatic hydroxyl groups is 2. The van der Waals surface area contributed by atoms with E-state index in [9.17, 15) is 0 Å². The molecular formula is C6H12O4. The molecule has 1 heterocycles. The number of ether oxygens (including phenoxy) is 2. The summed E-state index contributed by atoms with van der Waals surface area (Å²) in [6.45, 7) is 0.509. The van der Waals surface area contributed by atoms with Gasteiger partial charge in [-0.15, -0.1) is 0 Å². The molecule has 0 aromatic carbocycles. The Morgan fingerprint density at radius 3 is 1.90 bits per heavy atom. The summed E-state index contributed by atoms with van der Waals surface area (Å²) in [5.41, 5.74) is 0. The van der Waals surface area contributed by atoms with E-state index in [-0.39, 0.29) is 13.2 Å². The minimum absolute atomic E-state index is 0.288. The summed E-state index contributed by atoms with van der Waals surface area (Å²) in [7, 11) is 0. The second kappa shape index (κ2) is 3.30. The van der Waals surface area contributed by atoms with Gasteiger partial charge in [0.2, 0.25) is 5.79 Å². The summed E-state index contributed by atoms with van der Waals surface area (Å²) in [5.74, 6) is -1.13. The number of hydrogen-bond acceptors (Lipinski definition) is 4. The van der Waals surface area contributed by atoms with Crippen molar-refractivity contribution in [2.24, 2.45) is 0 Å². The summed E-state index contributed by atoms with van der Waals surface area (Å²) < 4.78 is 10.1. The van der Waals surface area contributed by atoms with E-state index < -0.39 is 5.79 Å². The SMILES string of the molecule is OCC1(CO)OCCCO1. The van der Waals surface area contributed by atoms with Crippen LogP contribution in [0.3, 0.4) is 0 Å². The Hall–Kier alpha value is -0.160. The van der Waals surface area contributed by atoms with Gasteiger partial charge in [-0.1, -0.05) is 0 Å². The predicted molar refractivity (Wildman–Crippen MR) is 33.4 cm³/mol. The van der Waals surface area contributed by atoms with E-state index >= 15 is 0 Å². The van der Waals surface area contributed by atoms with E-state index in [1.165, 1.54) is 0 Å². The van der Waals surface area contributed by atoms with Crippen LogP contribution < -0.4 is 0 Å². The molecule has 10 heavy (non-hydrogen) atoms. The first kappa shape index (κ1) is 7.94. The van der Waals surface area contributed by atoms with Gasteiger partial charge in [0.25, 0.3) is 0 Å². The zero-order chi connectivity index (χ0) is 7.45. The lowest BCUT2D eigenvalue weighted by Gasteiger charge is -2.33. The van der Waals surface area contributed by atoms with Crippen molar-refractivity contribution in [3.63, 3.8) is 0 Å². The normalized spacial score (nSPS) is 24.6. The molecule has 0 radical (unpaired) electrons. The Labute approximate surface area is 59.4 Å². The minimum atomic E-state index is -1.13. The largest absolute Gasteiger partial charge is 0.391 e. The Kier molecular flexibility index (Phi) is 2.62. The molecule has 0 aliphatic carbocycles. The second-order valence-corrected chi connectivity index (χ2v) is 2.28. The molecule has 4 heteroatoms. The summed E-state index contributed by atoms with van der Waals surface area (Å²) in [4.78, 5) is 0. The molecule has 2 N–H and O–H groups in total.